The average Bonchev–Trinajstić information content (AvgIpc) is 1.98. The molecule has 0 heterocycles. The second kappa shape index (κ2) is 6.59. The maximum atomic E-state index is 10.5. The van der Waals surface area contributed by atoms with Crippen LogP contribution in [0.3, 0.4) is 0 Å². The van der Waals surface area contributed by atoms with Crippen molar-refractivity contribution in [3.63, 3.8) is 0 Å². The highest BCUT2D eigenvalue weighted by Gasteiger charge is 2.05. The molecule has 0 aromatic rings. The van der Waals surface area contributed by atoms with Crippen LogP contribution in [-0.4, -0.2) is 52.9 Å². The molecule has 13 heavy (non-hydrogen) atoms. The SMILES string of the molecule is COCCN(C)CCCS(=O)(=O)Cl. The zero-order valence-corrected chi connectivity index (χ0v) is 9.57. The highest BCUT2D eigenvalue weighted by Crippen LogP contribution is 1.99. The van der Waals surface area contributed by atoms with Crippen molar-refractivity contribution in [3.8, 4) is 0 Å². The summed E-state index contributed by atoms with van der Waals surface area (Å²) >= 11 is 0. The molecule has 0 unspecified atom stereocenters. The molecule has 0 atom stereocenters. The zero-order chi connectivity index (χ0) is 10.3. The maximum absolute atomic E-state index is 10.5. The first-order valence-electron chi connectivity index (χ1n) is 4.05. The summed E-state index contributed by atoms with van der Waals surface area (Å²) < 4.78 is 26.0. The summed E-state index contributed by atoms with van der Waals surface area (Å²) in [5, 5.41) is 0. The molecule has 0 fully saturated rings. The first-order chi connectivity index (χ1) is 5.95. The van der Waals surface area contributed by atoms with Crippen LogP contribution in [-0.2, 0) is 13.8 Å². The summed E-state index contributed by atoms with van der Waals surface area (Å²) in [6.07, 6.45) is 0.562. The fourth-order valence-corrected chi connectivity index (χ4v) is 1.67. The molecule has 0 spiro atoms. The Morgan fingerprint density at radius 1 is 1.38 bits per heavy atom. The Balaban J connectivity index is 3.42. The molecule has 0 amide bonds. The third kappa shape index (κ3) is 10.1. The van der Waals surface area contributed by atoms with Gasteiger partial charge in [0, 0.05) is 24.3 Å². The monoisotopic (exact) mass is 229 g/mol. The van der Waals surface area contributed by atoms with Gasteiger partial charge in [-0.25, -0.2) is 8.42 Å². The normalized spacial score (nSPS) is 12.3. The van der Waals surface area contributed by atoms with E-state index >= 15 is 0 Å². The van der Waals surface area contributed by atoms with Crippen molar-refractivity contribution in [1.82, 2.24) is 4.90 Å². The summed E-state index contributed by atoms with van der Waals surface area (Å²) in [5.74, 6) is 0.0336. The summed E-state index contributed by atoms with van der Waals surface area (Å²) in [4.78, 5) is 2.01. The molecule has 0 aliphatic heterocycles. The van der Waals surface area contributed by atoms with Crippen molar-refractivity contribution in [2.75, 3.05) is 39.6 Å². The lowest BCUT2D eigenvalue weighted by Gasteiger charge is -2.14. The van der Waals surface area contributed by atoms with Crippen molar-refractivity contribution in [1.29, 1.82) is 0 Å². The van der Waals surface area contributed by atoms with Gasteiger partial charge in [-0.1, -0.05) is 0 Å². The molecule has 0 saturated carbocycles. The van der Waals surface area contributed by atoms with Crippen LogP contribution < -0.4 is 0 Å². The molecule has 80 valence electrons. The molecule has 0 aliphatic rings. The quantitative estimate of drug-likeness (QED) is 0.598. The second-order valence-corrected chi connectivity index (χ2v) is 5.79. The summed E-state index contributed by atoms with van der Waals surface area (Å²) in [5.41, 5.74) is 0. The largest absolute Gasteiger partial charge is 0.383 e. The topological polar surface area (TPSA) is 46.6 Å². The predicted octanol–water partition coefficient (Wildman–Crippen LogP) is 0.523. The first-order valence-corrected chi connectivity index (χ1v) is 6.53. The van der Waals surface area contributed by atoms with Crippen molar-refractivity contribution >= 4 is 19.7 Å². The third-order valence-electron chi connectivity index (χ3n) is 1.61. The number of methoxy groups -OCH3 is 1. The Morgan fingerprint density at radius 3 is 2.46 bits per heavy atom. The zero-order valence-electron chi connectivity index (χ0n) is 7.99. The van der Waals surface area contributed by atoms with Gasteiger partial charge in [-0.3, -0.25) is 0 Å². The molecule has 0 aliphatic carbocycles. The molecule has 0 radical (unpaired) electrons. The molecule has 0 saturated heterocycles. The van der Waals surface area contributed by atoms with E-state index in [2.05, 4.69) is 0 Å². The van der Waals surface area contributed by atoms with E-state index in [1.165, 1.54) is 0 Å². The molecule has 6 heteroatoms. The van der Waals surface area contributed by atoms with E-state index in [0.717, 1.165) is 13.1 Å². The van der Waals surface area contributed by atoms with Crippen LogP contribution in [0.25, 0.3) is 0 Å². The predicted molar refractivity (Wildman–Crippen MR) is 53.6 cm³/mol. The Kier molecular flexibility index (Phi) is 6.67. The van der Waals surface area contributed by atoms with E-state index in [0.29, 0.717) is 13.0 Å². The van der Waals surface area contributed by atoms with Gasteiger partial charge in [0.05, 0.1) is 12.4 Å². The Bertz CT molecular complexity index is 218. The van der Waals surface area contributed by atoms with E-state index in [1.54, 1.807) is 7.11 Å². The van der Waals surface area contributed by atoms with Crippen molar-refractivity contribution in [2.24, 2.45) is 0 Å². The Labute approximate surface area is 84.2 Å². The van der Waals surface area contributed by atoms with Crippen molar-refractivity contribution in [3.05, 3.63) is 0 Å². The van der Waals surface area contributed by atoms with Gasteiger partial charge >= 0.3 is 0 Å². The van der Waals surface area contributed by atoms with E-state index in [9.17, 15) is 8.42 Å². The fraction of sp³-hybridized carbons (Fsp3) is 1.00. The maximum Gasteiger partial charge on any atom is 0.232 e. The van der Waals surface area contributed by atoms with Gasteiger partial charge < -0.3 is 9.64 Å². The first kappa shape index (κ1) is 13.2. The van der Waals surface area contributed by atoms with Crippen LogP contribution in [0.15, 0.2) is 0 Å². The number of hydrogen-bond acceptors (Lipinski definition) is 4. The van der Waals surface area contributed by atoms with Gasteiger partial charge in [0.15, 0.2) is 0 Å². The molecular weight excluding hydrogens is 214 g/mol. The van der Waals surface area contributed by atoms with Crippen LogP contribution in [0.5, 0.6) is 0 Å². The lowest BCUT2D eigenvalue weighted by molar-refractivity contribution is 0.161. The molecule has 0 N–H and O–H groups in total. The van der Waals surface area contributed by atoms with Gasteiger partial charge in [0.2, 0.25) is 9.05 Å². The van der Waals surface area contributed by atoms with Gasteiger partial charge in [0.1, 0.15) is 0 Å². The molecule has 4 nitrogen and oxygen atoms in total. The summed E-state index contributed by atoms with van der Waals surface area (Å²) in [7, 11) is 5.28. The standard InChI is InChI=1S/C7H16ClNO3S/c1-9(5-6-12-2)4-3-7-13(8,10)11/h3-7H2,1-2H3. The Morgan fingerprint density at radius 2 is 2.00 bits per heavy atom. The van der Waals surface area contributed by atoms with Crippen LogP contribution in [0.4, 0.5) is 0 Å². The number of ether oxygens (including phenoxy) is 1. The highest BCUT2D eigenvalue weighted by molar-refractivity contribution is 8.13. The van der Waals surface area contributed by atoms with Gasteiger partial charge in [0.25, 0.3) is 0 Å². The van der Waals surface area contributed by atoms with Gasteiger partial charge in [-0.15, -0.1) is 0 Å². The fourth-order valence-electron chi connectivity index (χ4n) is 0.866. The minimum absolute atomic E-state index is 0.0336. The van der Waals surface area contributed by atoms with Crippen LogP contribution in [0.2, 0.25) is 0 Å². The highest BCUT2D eigenvalue weighted by atomic mass is 35.7. The number of halogens is 1. The van der Waals surface area contributed by atoms with E-state index in [-0.39, 0.29) is 5.75 Å². The summed E-state index contributed by atoms with van der Waals surface area (Å²) in [6, 6.07) is 0. The van der Waals surface area contributed by atoms with Crippen LogP contribution >= 0.6 is 10.7 Å². The van der Waals surface area contributed by atoms with Crippen LogP contribution in [0.1, 0.15) is 6.42 Å². The third-order valence-corrected chi connectivity index (χ3v) is 2.84. The second-order valence-electron chi connectivity index (χ2n) is 2.89. The molecular formula is C7H16ClNO3S. The lowest BCUT2D eigenvalue weighted by Crippen LogP contribution is -2.25. The minimum atomic E-state index is -3.33. The van der Waals surface area contributed by atoms with Crippen molar-refractivity contribution < 1.29 is 13.2 Å². The summed E-state index contributed by atoms with van der Waals surface area (Å²) in [6.45, 7) is 2.18. The van der Waals surface area contributed by atoms with E-state index < -0.39 is 9.05 Å². The lowest BCUT2D eigenvalue weighted by atomic mass is 10.4. The minimum Gasteiger partial charge on any atom is -0.383 e. The number of likely N-dealkylation sites (N-methyl/N-ethyl adjacent to an activating group) is 1. The van der Waals surface area contributed by atoms with E-state index in [1.807, 2.05) is 11.9 Å². The molecule has 0 aromatic carbocycles. The number of nitrogens with zero attached hydrogens (tertiary/aromatic N) is 1. The number of hydrogen-bond donors (Lipinski definition) is 0. The average molecular weight is 230 g/mol. The molecule has 0 bridgehead atoms. The van der Waals surface area contributed by atoms with Crippen LogP contribution in [0, 0.1) is 0 Å². The smallest absolute Gasteiger partial charge is 0.232 e. The molecule has 0 rings (SSSR count). The molecule has 0 aromatic heterocycles. The Hall–Kier alpha value is 0.160. The number of rotatable bonds is 7. The van der Waals surface area contributed by atoms with E-state index in [4.69, 9.17) is 15.4 Å². The van der Waals surface area contributed by atoms with Crippen molar-refractivity contribution in [2.45, 2.75) is 6.42 Å². The van der Waals surface area contributed by atoms with Gasteiger partial charge in [-0.05, 0) is 20.0 Å². The van der Waals surface area contributed by atoms with Gasteiger partial charge in [-0.2, -0.15) is 0 Å².